The molecular weight excluding hydrogens is 360 g/mol. The molecule has 0 bridgehead atoms. The number of amides is 2. The number of carbonyl (C=O) groups is 1. The minimum absolute atomic E-state index is 0.0143. The lowest BCUT2D eigenvalue weighted by atomic mass is 9.84. The monoisotopic (exact) mass is 396 g/mol. The van der Waals surface area contributed by atoms with E-state index in [4.69, 9.17) is 17.1 Å². The highest BCUT2D eigenvalue weighted by atomic mass is 35.5. The fraction of sp³-hybridized carbons (Fsp3) is 0.667. The molecular formula is C21H33ClN4O. The summed E-state index contributed by atoms with van der Waals surface area (Å²) in [6, 6.07) is 5.70. The molecule has 1 aliphatic carbocycles. The van der Waals surface area contributed by atoms with Crippen LogP contribution in [0.15, 0.2) is 18.2 Å². The van der Waals surface area contributed by atoms with Crippen molar-refractivity contribution in [3.63, 3.8) is 0 Å². The van der Waals surface area contributed by atoms with Crippen LogP contribution in [-0.2, 0) is 0 Å². The van der Waals surface area contributed by atoms with Crippen LogP contribution in [0.1, 0.15) is 43.1 Å². The zero-order chi connectivity index (χ0) is 22.8. The smallest absolute Gasteiger partial charge is 0.314 e. The van der Waals surface area contributed by atoms with Crippen molar-refractivity contribution in [2.45, 2.75) is 45.0 Å². The fourth-order valence-electron chi connectivity index (χ4n) is 3.76. The van der Waals surface area contributed by atoms with E-state index in [1.165, 1.54) is 0 Å². The van der Waals surface area contributed by atoms with Gasteiger partial charge < -0.3 is 15.5 Å². The van der Waals surface area contributed by atoms with E-state index >= 15 is 0 Å². The number of halogens is 1. The molecule has 2 N–H and O–H groups in total. The first-order valence-electron chi connectivity index (χ1n) is 11.8. The Morgan fingerprint density at radius 3 is 2.59 bits per heavy atom. The van der Waals surface area contributed by atoms with Gasteiger partial charge in [0.1, 0.15) is 0 Å². The van der Waals surface area contributed by atoms with Gasteiger partial charge in [-0.3, -0.25) is 4.90 Å². The summed E-state index contributed by atoms with van der Waals surface area (Å²) in [5.74, 6) is -0.380. The number of rotatable bonds is 5. The second-order valence-corrected chi connectivity index (χ2v) is 7.79. The van der Waals surface area contributed by atoms with Gasteiger partial charge in [0.05, 0.1) is 10.7 Å². The van der Waals surface area contributed by atoms with Gasteiger partial charge in [-0.15, -0.1) is 0 Å². The van der Waals surface area contributed by atoms with Gasteiger partial charge in [-0.1, -0.05) is 23.7 Å². The third kappa shape index (κ3) is 5.52. The van der Waals surface area contributed by atoms with Crippen LogP contribution < -0.4 is 15.5 Å². The van der Waals surface area contributed by atoms with Crippen LogP contribution in [0.4, 0.5) is 10.5 Å². The molecule has 3 rings (SSSR count). The highest BCUT2D eigenvalue weighted by Gasteiger charge is 2.24. The van der Waals surface area contributed by atoms with E-state index in [2.05, 4.69) is 15.5 Å². The first kappa shape index (κ1) is 15.5. The summed E-state index contributed by atoms with van der Waals surface area (Å²) >= 11 is 6.46. The summed E-state index contributed by atoms with van der Waals surface area (Å²) in [7, 11) is 1.57. The molecule has 1 heterocycles. The normalized spacial score (nSPS) is 27.1. The molecule has 6 heteroatoms. The third-order valence-electron chi connectivity index (χ3n) is 5.51. The van der Waals surface area contributed by atoms with Crippen molar-refractivity contribution in [1.82, 2.24) is 15.5 Å². The molecule has 2 aliphatic rings. The molecule has 1 aromatic rings. The number of hydrogen-bond acceptors (Lipinski definition) is 3. The van der Waals surface area contributed by atoms with Crippen molar-refractivity contribution < 1.29 is 10.3 Å². The Hall–Kier alpha value is -1.46. The van der Waals surface area contributed by atoms with Crippen LogP contribution in [0, 0.1) is 12.8 Å². The Labute approximate surface area is 174 Å². The number of carbonyl (C=O) groups excluding carboxylic acids is 1. The lowest BCUT2D eigenvalue weighted by molar-refractivity contribution is 0.206. The molecule has 27 heavy (non-hydrogen) atoms. The summed E-state index contributed by atoms with van der Waals surface area (Å²) in [5, 5.41) is 6.14. The van der Waals surface area contributed by atoms with Crippen LogP contribution in [0.25, 0.3) is 0 Å². The highest BCUT2D eigenvalue weighted by Crippen LogP contribution is 2.30. The average molecular weight is 397 g/mol. The number of benzene rings is 1. The van der Waals surface area contributed by atoms with E-state index < -0.39 is 12.9 Å². The SMILES string of the molecule is [2H]C([2H])(C1CCC(NC(=O)NC)CC1)C([2H])([2H])N1CCN(c2cccc(C)c2Cl)CC1. The quantitative estimate of drug-likeness (QED) is 0.798. The van der Waals surface area contributed by atoms with Gasteiger partial charge in [-0.05, 0) is 63.0 Å². The molecule has 0 unspecified atom stereocenters. The minimum Gasteiger partial charge on any atom is -0.368 e. The number of piperazine rings is 1. The van der Waals surface area contributed by atoms with Crippen molar-refractivity contribution in [2.24, 2.45) is 5.92 Å². The van der Waals surface area contributed by atoms with E-state index in [1.54, 1.807) is 11.9 Å². The number of aryl methyl sites for hydroxylation is 1. The highest BCUT2D eigenvalue weighted by molar-refractivity contribution is 6.34. The van der Waals surface area contributed by atoms with Crippen molar-refractivity contribution in [3.8, 4) is 0 Å². The maximum absolute atomic E-state index is 11.5. The molecule has 2 amide bonds. The van der Waals surface area contributed by atoms with Gasteiger partial charge in [0.2, 0.25) is 0 Å². The van der Waals surface area contributed by atoms with Crippen molar-refractivity contribution in [3.05, 3.63) is 28.8 Å². The van der Waals surface area contributed by atoms with E-state index in [-0.39, 0.29) is 18.0 Å². The van der Waals surface area contributed by atoms with Crippen LogP contribution in [-0.4, -0.2) is 56.7 Å². The Kier molecular flexibility index (Phi) is 5.53. The van der Waals surface area contributed by atoms with E-state index in [0.29, 0.717) is 51.9 Å². The van der Waals surface area contributed by atoms with Crippen LogP contribution in [0.3, 0.4) is 0 Å². The predicted molar refractivity (Wildman–Crippen MR) is 113 cm³/mol. The summed E-state index contributed by atoms with van der Waals surface area (Å²) in [6.45, 7) is 1.97. The standard InChI is InChI=1S/C21H33ClN4O/c1-16-4-3-5-19(20(16)22)26-14-12-25(13-15-26)11-10-17-6-8-18(9-7-17)24-21(27)23-2/h3-5,17-18H,6-15H2,1-2H3,(H2,23,24,27)/i10D2,11D2. The van der Waals surface area contributed by atoms with Gasteiger partial charge in [0.15, 0.2) is 0 Å². The number of nitrogens with zero attached hydrogens (tertiary/aromatic N) is 2. The maximum Gasteiger partial charge on any atom is 0.314 e. The number of anilines is 1. The molecule has 2 fully saturated rings. The fourth-order valence-corrected chi connectivity index (χ4v) is 4.00. The molecule has 1 aliphatic heterocycles. The summed E-state index contributed by atoms with van der Waals surface area (Å²) < 4.78 is 34.8. The zero-order valence-electron chi connectivity index (χ0n) is 20.2. The topological polar surface area (TPSA) is 47.6 Å². The first-order valence-corrected chi connectivity index (χ1v) is 10.2. The Morgan fingerprint density at radius 2 is 1.93 bits per heavy atom. The zero-order valence-corrected chi connectivity index (χ0v) is 17.0. The molecule has 0 radical (unpaired) electrons. The van der Waals surface area contributed by atoms with Gasteiger partial charge in [-0.2, -0.15) is 0 Å². The molecule has 150 valence electrons. The average Bonchev–Trinajstić information content (AvgIpc) is 2.76. The lowest BCUT2D eigenvalue weighted by Crippen LogP contribution is -2.47. The van der Waals surface area contributed by atoms with Crippen LogP contribution in [0.2, 0.25) is 5.02 Å². The van der Waals surface area contributed by atoms with Gasteiger partial charge >= 0.3 is 6.03 Å². The Morgan fingerprint density at radius 1 is 1.22 bits per heavy atom. The summed E-state index contributed by atoms with van der Waals surface area (Å²) in [4.78, 5) is 15.3. The molecule has 1 aromatic carbocycles. The summed E-state index contributed by atoms with van der Waals surface area (Å²) in [6.07, 6.45) is 0.453. The van der Waals surface area contributed by atoms with Gasteiger partial charge in [0, 0.05) is 44.8 Å². The van der Waals surface area contributed by atoms with E-state index in [0.717, 1.165) is 16.3 Å². The van der Waals surface area contributed by atoms with Crippen LogP contribution >= 0.6 is 11.6 Å². The van der Waals surface area contributed by atoms with Crippen molar-refractivity contribution in [2.75, 3.05) is 44.6 Å². The van der Waals surface area contributed by atoms with E-state index in [1.807, 2.05) is 25.1 Å². The second-order valence-electron chi connectivity index (χ2n) is 7.41. The number of hydrogen-bond donors (Lipinski definition) is 2. The second kappa shape index (κ2) is 9.65. The number of urea groups is 1. The molecule has 0 aromatic heterocycles. The van der Waals surface area contributed by atoms with Crippen LogP contribution in [0.5, 0.6) is 0 Å². The maximum atomic E-state index is 11.5. The predicted octanol–water partition coefficient (Wildman–Crippen LogP) is 3.65. The third-order valence-corrected chi connectivity index (χ3v) is 6.00. The summed E-state index contributed by atoms with van der Waals surface area (Å²) in [5.41, 5.74) is 1.96. The molecule has 0 spiro atoms. The molecule has 1 saturated heterocycles. The van der Waals surface area contributed by atoms with E-state index in [9.17, 15) is 4.79 Å². The number of nitrogens with one attached hydrogen (secondary N) is 2. The van der Waals surface area contributed by atoms with Crippen molar-refractivity contribution in [1.29, 1.82) is 0 Å². The molecule has 1 saturated carbocycles. The first-order chi connectivity index (χ1) is 14.6. The Balaban J connectivity index is 1.61. The van der Waals surface area contributed by atoms with Gasteiger partial charge in [-0.25, -0.2) is 4.79 Å². The lowest BCUT2D eigenvalue weighted by Gasteiger charge is -2.37. The minimum atomic E-state index is -2.07. The van der Waals surface area contributed by atoms with Crippen molar-refractivity contribution >= 4 is 23.3 Å². The largest absolute Gasteiger partial charge is 0.368 e. The molecule has 0 atom stereocenters. The Bertz CT molecular complexity index is 779. The van der Waals surface area contributed by atoms with Gasteiger partial charge in [0.25, 0.3) is 0 Å². The molecule has 5 nitrogen and oxygen atoms in total.